The first-order valence-electron chi connectivity index (χ1n) is 8.03. The van der Waals surface area contributed by atoms with Crippen molar-refractivity contribution in [1.29, 1.82) is 0 Å². The Kier molecular flexibility index (Phi) is 4.97. The van der Waals surface area contributed by atoms with Crippen molar-refractivity contribution in [3.63, 3.8) is 0 Å². The fourth-order valence-electron chi connectivity index (χ4n) is 3.02. The predicted octanol–water partition coefficient (Wildman–Crippen LogP) is 2.34. The molecule has 1 unspecified atom stereocenters. The van der Waals surface area contributed by atoms with Crippen LogP contribution in [0, 0.1) is 0 Å². The van der Waals surface area contributed by atoms with Crippen molar-refractivity contribution in [3.8, 4) is 17.2 Å². The molecule has 0 saturated carbocycles. The topological polar surface area (TPSA) is 85.3 Å². The maximum atomic E-state index is 13.3. The Hall–Kier alpha value is -2.45. The Labute approximate surface area is 152 Å². The minimum Gasteiger partial charge on any atom is -0.497 e. The molecule has 0 saturated heterocycles. The van der Waals surface area contributed by atoms with Gasteiger partial charge in [0.1, 0.15) is 22.1 Å². The second kappa shape index (κ2) is 7.05. The summed E-state index contributed by atoms with van der Waals surface area (Å²) in [5, 5.41) is 10.3. The third-order valence-electron chi connectivity index (χ3n) is 4.41. The monoisotopic (exact) mass is 379 g/mol. The Bertz CT molecular complexity index is 912. The van der Waals surface area contributed by atoms with Crippen molar-refractivity contribution in [3.05, 3.63) is 42.0 Å². The first kappa shape index (κ1) is 18.3. The lowest BCUT2D eigenvalue weighted by Crippen LogP contribution is -2.37. The minimum atomic E-state index is -3.92. The zero-order chi connectivity index (χ0) is 18.9. The van der Waals surface area contributed by atoms with Crippen molar-refractivity contribution in [2.45, 2.75) is 17.4 Å². The van der Waals surface area contributed by atoms with Crippen LogP contribution >= 0.6 is 0 Å². The molecule has 1 aliphatic rings. The summed E-state index contributed by atoms with van der Waals surface area (Å²) in [6, 6.07) is 9.59. The van der Waals surface area contributed by atoms with Gasteiger partial charge in [-0.3, -0.25) is 4.31 Å². The average Bonchev–Trinajstić information content (AvgIpc) is 2.67. The van der Waals surface area contributed by atoms with E-state index in [9.17, 15) is 13.5 Å². The van der Waals surface area contributed by atoms with E-state index < -0.39 is 16.1 Å². The standard InChI is InChI=1S/C18H21NO6S/c1-23-12-4-6-15-14(10-12)16(20)8-9-19(15)26(21,22)18-11-13(24-2)5-7-17(18)25-3/h4-7,10-11,16,20H,8-9H2,1-3H3. The number of ether oxygens (including phenoxy) is 3. The van der Waals surface area contributed by atoms with Gasteiger partial charge in [-0.1, -0.05) is 0 Å². The molecule has 8 heteroatoms. The number of fused-ring (bicyclic) bond motifs is 1. The van der Waals surface area contributed by atoms with E-state index in [2.05, 4.69) is 0 Å². The number of hydrogen-bond acceptors (Lipinski definition) is 6. The molecule has 0 spiro atoms. The molecule has 0 radical (unpaired) electrons. The van der Waals surface area contributed by atoms with Crippen LogP contribution in [0.2, 0.25) is 0 Å². The molecular weight excluding hydrogens is 358 g/mol. The van der Waals surface area contributed by atoms with Gasteiger partial charge >= 0.3 is 0 Å². The first-order chi connectivity index (χ1) is 12.4. The molecule has 2 aromatic carbocycles. The van der Waals surface area contributed by atoms with Gasteiger partial charge in [0, 0.05) is 18.2 Å². The van der Waals surface area contributed by atoms with E-state index in [-0.39, 0.29) is 23.6 Å². The molecule has 0 amide bonds. The van der Waals surface area contributed by atoms with Crippen molar-refractivity contribution in [1.82, 2.24) is 0 Å². The molecule has 1 aliphatic heterocycles. The van der Waals surface area contributed by atoms with E-state index in [1.165, 1.54) is 31.7 Å². The summed E-state index contributed by atoms with van der Waals surface area (Å²) in [5.74, 6) is 1.20. The second-order valence-corrected chi connectivity index (χ2v) is 7.65. The molecule has 7 nitrogen and oxygen atoms in total. The summed E-state index contributed by atoms with van der Waals surface area (Å²) >= 11 is 0. The highest BCUT2D eigenvalue weighted by Crippen LogP contribution is 2.40. The second-order valence-electron chi connectivity index (χ2n) is 5.82. The van der Waals surface area contributed by atoms with E-state index in [1.54, 1.807) is 30.3 Å². The summed E-state index contributed by atoms with van der Waals surface area (Å²) in [4.78, 5) is 0.0116. The Morgan fingerprint density at radius 3 is 2.31 bits per heavy atom. The summed E-state index contributed by atoms with van der Waals surface area (Å²) < 4.78 is 43.5. The van der Waals surface area contributed by atoms with E-state index >= 15 is 0 Å². The number of nitrogens with zero attached hydrogens (tertiary/aromatic N) is 1. The molecule has 0 aromatic heterocycles. The number of sulfonamides is 1. The van der Waals surface area contributed by atoms with Gasteiger partial charge in [-0.2, -0.15) is 0 Å². The van der Waals surface area contributed by atoms with Crippen LogP contribution in [-0.2, 0) is 10.0 Å². The molecule has 2 aromatic rings. The van der Waals surface area contributed by atoms with Crippen LogP contribution in [0.5, 0.6) is 17.2 Å². The lowest BCUT2D eigenvalue weighted by Gasteiger charge is -2.33. The normalized spacial score (nSPS) is 16.8. The summed E-state index contributed by atoms with van der Waals surface area (Å²) in [5.41, 5.74) is 0.940. The number of anilines is 1. The molecular formula is C18H21NO6S. The third kappa shape index (κ3) is 3.06. The average molecular weight is 379 g/mol. The van der Waals surface area contributed by atoms with Crippen LogP contribution in [0.4, 0.5) is 5.69 Å². The van der Waals surface area contributed by atoms with Crippen LogP contribution in [0.1, 0.15) is 18.1 Å². The lowest BCUT2D eigenvalue weighted by atomic mass is 10.0. The molecule has 1 atom stereocenters. The van der Waals surface area contributed by atoms with Crippen LogP contribution in [0.15, 0.2) is 41.3 Å². The van der Waals surface area contributed by atoms with Crippen LogP contribution in [0.25, 0.3) is 0 Å². The molecule has 0 bridgehead atoms. The largest absolute Gasteiger partial charge is 0.497 e. The Morgan fingerprint density at radius 1 is 1.00 bits per heavy atom. The van der Waals surface area contributed by atoms with Gasteiger partial charge in [0.15, 0.2) is 0 Å². The van der Waals surface area contributed by atoms with Crippen LogP contribution in [0.3, 0.4) is 0 Å². The van der Waals surface area contributed by atoms with E-state index in [4.69, 9.17) is 14.2 Å². The highest BCUT2D eigenvalue weighted by atomic mass is 32.2. The molecule has 3 rings (SSSR count). The van der Waals surface area contributed by atoms with Gasteiger partial charge in [0.25, 0.3) is 10.0 Å². The maximum Gasteiger partial charge on any atom is 0.268 e. The molecule has 1 N–H and O–H groups in total. The maximum absolute atomic E-state index is 13.3. The fraction of sp³-hybridized carbons (Fsp3) is 0.333. The smallest absolute Gasteiger partial charge is 0.268 e. The number of benzene rings is 2. The number of hydrogen-bond donors (Lipinski definition) is 1. The van der Waals surface area contributed by atoms with Gasteiger partial charge < -0.3 is 19.3 Å². The molecule has 140 valence electrons. The van der Waals surface area contributed by atoms with E-state index in [0.29, 0.717) is 22.7 Å². The third-order valence-corrected chi connectivity index (χ3v) is 6.24. The van der Waals surface area contributed by atoms with Gasteiger partial charge in [-0.05, 0) is 36.8 Å². The van der Waals surface area contributed by atoms with Crippen molar-refractivity contribution in [2.24, 2.45) is 0 Å². The quantitative estimate of drug-likeness (QED) is 0.858. The van der Waals surface area contributed by atoms with Gasteiger partial charge in [0.05, 0.1) is 33.1 Å². The van der Waals surface area contributed by atoms with Crippen LogP contribution in [-0.4, -0.2) is 41.4 Å². The molecule has 1 heterocycles. The number of aliphatic hydroxyl groups is 1. The van der Waals surface area contributed by atoms with Crippen molar-refractivity contribution >= 4 is 15.7 Å². The lowest BCUT2D eigenvalue weighted by molar-refractivity contribution is 0.166. The SMILES string of the molecule is COc1ccc2c(c1)C(O)CCN2S(=O)(=O)c1cc(OC)ccc1OC. The minimum absolute atomic E-state index is 0.0116. The predicted molar refractivity (Wildman–Crippen MR) is 96.6 cm³/mol. The van der Waals surface area contributed by atoms with E-state index in [0.717, 1.165) is 0 Å². The first-order valence-corrected chi connectivity index (χ1v) is 9.47. The number of rotatable bonds is 5. The molecule has 0 fully saturated rings. The summed E-state index contributed by atoms with van der Waals surface area (Å²) in [7, 11) is 0.489. The van der Waals surface area contributed by atoms with Crippen molar-refractivity contribution in [2.75, 3.05) is 32.2 Å². The van der Waals surface area contributed by atoms with Crippen LogP contribution < -0.4 is 18.5 Å². The van der Waals surface area contributed by atoms with Gasteiger partial charge in [0.2, 0.25) is 0 Å². The van der Waals surface area contributed by atoms with E-state index in [1.807, 2.05) is 0 Å². The molecule has 0 aliphatic carbocycles. The number of methoxy groups -OCH3 is 3. The Balaban J connectivity index is 2.14. The zero-order valence-corrected chi connectivity index (χ0v) is 15.6. The highest BCUT2D eigenvalue weighted by molar-refractivity contribution is 7.93. The Morgan fingerprint density at radius 2 is 1.65 bits per heavy atom. The van der Waals surface area contributed by atoms with Gasteiger partial charge in [-0.15, -0.1) is 0 Å². The van der Waals surface area contributed by atoms with Crippen molar-refractivity contribution < 1.29 is 27.7 Å². The number of aliphatic hydroxyl groups excluding tert-OH is 1. The fourth-order valence-corrected chi connectivity index (χ4v) is 4.70. The summed E-state index contributed by atoms with van der Waals surface area (Å²) in [6.45, 7) is 0.156. The summed E-state index contributed by atoms with van der Waals surface area (Å²) in [6.07, 6.45) is -0.468. The van der Waals surface area contributed by atoms with Gasteiger partial charge in [-0.25, -0.2) is 8.42 Å². The highest BCUT2D eigenvalue weighted by Gasteiger charge is 2.34. The molecule has 26 heavy (non-hydrogen) atoms. The zero-order valence-electron chi connectivity index (χ0n) is 14.8.